The van der Waals surface area contributed by atoms with Crippen LogP contribution in [0.15, 0.2) is 30.6 Å². The molecule has 5 nitrogen and oxygen atoms in total. The number of phenols is 1. The second-order valence-electron chi connectivity index (χ2n) is 6.66. The standard InChI is InChI=1S/C17H19N3O2/c1-17(5-6-17)16(22)20-8-13(11-3-2-4-12(21)7-11)15-14(9-20)18-10-19-15/h2-4,7,10,13,21H,5-6,8-9H2,1H3,(H,18,19). The summed E-state index contributed by atoms with van der Waals surface area (Å²) in [7, 11) is 0. The van der Waals surface area contributed by atoms with Crippen LogP contribution in [-0.4, -0.2) is 32.4 Å². The van der Waals surface area contributed by atoms with E-state index < -0.39 is 0 Å². The van der Waals surface area contributed by atoms with Gasteiger partial charge < -0.3 is 15.0 Å². The zero-order valence-corrected chi connectivity index (χ0v) is 12.5. The van der Waals surface area contributed by atoms with Crippen molar-refractivity contribution < 1.29 is 9.90 Å². The molecule has 4 rings (SSSR count). The summed E-state index contributed by atoms with van der Waals surface area (Å²) in [6.07, 6.45) is 3.65. The van der Waals surface area contributed by atoms with Gasteiger partial charge in [0.1, 0.15) is 5.75 Å². The van der Waals surface area contributed by atoms with E-state index in [4.69, 9.17) is 0 Å². The van der Waals surface area contributed by atoms with Crippen molar-refractivity contribution >= 4 is 5.91 Å². The summed E-state index contributed by atoms with van der Waals surface area (Å²) in [5.74, 6) is 0.485. The third-order valence-corrected chi connectivity index (χ3v) is 4.91. The lowest BCUT2D eigenvalue weighted by Gasteiger charge is -2.34. The van der Waals surface area contributed by atoms with Gasteiger partial charge in [-0.25, -0.2) is 4.98 Å². The number of imidazole rings is 1. The highest BCUT2D eigenvalue weighted by atomic mass is 16.3. The van der Waals surface area contributed by atoms with Gasteiger partial charge in [0.2, 0.25) is 5.91 Å². The topological polar surface area (TPSA) is 69.2 Å². The van der Waals surface area contributed by atoms with Crippen LogP contribution in [0, 0.1) is 5.41 Å². The Labute approximate surface area is 129 Å². The number of hydrogen-bond donors (Lipinski definition) is 2. The number of hydrogen-bond acceptors (Lipinski definition) is 3. The third kappa shape index (κ3) is 2.08. The van der Waals surface area contributed by atoms with E-state index in [1.807, 2.05) is 24.0 Å². The fraction of sp³-hybridized carbons (Fsp3) is 0.412. The number of nitrogens with one attached hydrogen (secondary N) is 1. The predicted octanol–water partition coefficient (Wildman–Crippen LogP) is 2.39. The molecule has 114 valence electrons. The summed E-state index contributed by atoms with van der Waals surface area (Å²) in [6, 6.07) is 7.23. The van der Waals surface area contributed by atoms with Gasteiger partial charge in [-0.05, 0) is 30.5 Å². The zero-order valence-electron chi connectivity index (χ0n) is 12.5. The Morgan fingerprint density at radius 2 is 2.27 bits per heavy atom. The van der Waals surface area contributed by atoms with Gasteiger partial charge in [-0.1, -0.05) is 19.1 Å². The van der Waals surface area contributed by atoms with Crippen LogP contribution in [0.2, 0.25) is 0 Å². The second kappa shape index (κ2) is 4.60. The van der Waals surface area contributed by atoms with Crippen molar-refractivity contribution in [1.82, 2.24) is 14.9 Å². The average molecular weight is 297 g/mol. The van der Waals surface area contributed by atoms with E-state index in [2.05, 4.69) is 9.97 Å². The van der Waals surface area contributed by atoms with Gasteiger partial charge in [-0.2, -0.15) is 0 Å². The Morgan fingerprint density at radius 1 is 1.45 bits per heavy atom. The Balaban J connectivity index is 1.70. The molecule has 1 aliphatic carbocycles. The summed E-state index contributed by atoms with van der Waals surface area (Å²) in [5.41, 5.74) is 2.81. The van der Waals surface area contributed by atoms with Gasteiger partial charge in [0, 0.05) is 17.9 Å². The van der Waals surface area contributed by atoms with Crippen LogP contribution in [0.5, 0.6) is 5.75 Å². The molecule has 2 aromatic rings. The minimum absolute atomic E-state index is 0.00778. The summed E-state index contributed by atoms with van der Waals surface area (Å²) in [5, 5.41) is 9.75. The molecule has 0 spiro atoms. The lowest BCUT2D eigenvalue weighted by Crippen LogP contribution is -2.42. The minimum Gasteiger partial charge on any atom is -0.508 e. The second-order valence-corrected chi connectivity index (χ2v) is 6.66. The van der Waals surface area contributed by atoms with Crippen LogP contribution in [0.25, 0.3) is 0 Å². The van der Waals surface area contributed by atoms with Crippen LogP contribution >= 0.6 is 0 Å². The van der Waals surface area contributed by atoms with Crippen molar-refractivity contribution in [2.45, 2.75) is 32.2 Å². The van der Waals surface area contributed by atoms with Crippen LogP contribution in [0.4, 0.5) is 0 Å². The van der Waals surface area contributed by atoms with E-state index in [9.17, 15) is 9.90 Å². The maximum absolute atomic E-state index is 12.7. The summed E-state index contributed by atoms with van der Waals surface area (Å²) < 4.78 is 0. The number of phenolic OH excluding ortho intramolecular Hbond substituents is 1. The highest BCUT2D eigenvalue weighted by Gasteiger charge is 2.48. The van der Waals surface area contributed by atoms with Gasteiger partial charge in [-0.3, -0.25) is 4.79 Å². The lowest BCUT2D eigenvalue weighted by atomic mass is 9.90. The molecular weight excluding hydrogens is 278 g/mol. The molecule has 0 bridgehead atoms. The number of aromatic hydroxyl groups is 1. The van der Waals surface area contributed by atoms with Crippen molar-refractivity contribution in [1.29, 1.82) is 0 Å². The number of aromatic nitrogens is 2. The van der Waals surface area contributed by atoms with Crippen LogP contribution in [0.3, 0.4) is 0 Å². The van der Waals surface area contributed by atoms with Crippen LogP contribution in [-0.2, 0) is 11.3 Å². The molecule has 0 saturated heterocycles. The monoisotopic (exact) mass is 297 g/mol. The Hall–Kier alpha value is -2.30. The Morgan fingerprint density at radius 3 is 3.00 bits per heavy atom. The Kier molecular flexibility index (Phi) is 2.79. The highest BCUT2D eigenvalue weighted by molar-refractivity contribution is 5.85. The normalized spacial score (nSPS) is 22.2. The number of nitrogens with zero attached hydrogens (tertiary/aromatic N) is 2. The van der Waals surface area contributed by atoms with Gasteiger partial charge in [0.15, 0.2) is 0 Å². The SMILES string of the molecule is CC1(C(=O)N2Cc3[nH]cnc3C(c3cccc(O)c3)C2)CC1. The predicted molar refractivity (Wildman–Crippen MR) is 81.3 cm³/mol. The number of carbonyl (C=O) groups excluding carboxylic acids is 1. The molecule has 2 heterocycles. The molecule has 2 N–H and O–H groups in total. The first-order valence-electron chi connectivity index (χ1n) is 7.67. The summed E-state index contributed by atoms with van der Waals surface area (Å²) in [4.78, 5) is 22.2. The minimum atomic E-state index is -0.166. The van der Waals surface area contributed by atoms with E-state index in [-0.39, 0.29) is 23.0 Å². The molecule has 1 fully saturated rings. The maximum Gasteiger partial charge on any atom is 0.228 e. The summed E-state index contributed by atoms with van der Waals surface area (Å²) >= 11 is 0. The molecule has 1 aromatic carbocycles. The quantitative estimate of drug-likeness (QED) is 0.894. The first-order chi connectivity index (χ1) is 10.6. The van der Waals surface area contributed by atoms with E-state index in [0.717, 1.165) is 29.8 Å². The first-order valence-corrected chi connectivity index (χ1v) is 7.67. The molecule has 1 saturated carbocycles. The maximum atomic E-state index is 12.7. The van der Waals surface area contributed by atoms with Gasteiger partial charge >= 0.3 is 0 Å². The van der Waals surface area contributed by atoms with E-state index >= 15 is 0 Å². The number of benzene rings is 1. The van der Waals surface area contributed by atoms with Gasteiger partial charge in [0.25, 0.3) is 0 Å². The summed E-state index contributed by atoms with van der Waals surface area (Å²) in [6.45, 7) is 3.26. The largest absolute Gasteiger partial charge is 0.508 e. The molecule has 22 heavy (non-hydrogen) atoms. The van der Waals surface area contributed by atoms with E-state index in [1.165, 1.54) is 0 Å². The number of H-pyrrole nitrogens is 1. The number of carbonyl (C=O) groups is 1. The lowest BCUT2D eigenvalue weighted by molar-refractivity contribution is -0.137. The highest BCUT2D eigenvalue weighted by Crippen LogP contribution is 2.47. The molecule has 1 unspecified atom stereocenters. The molecular formula is C17H19N3O2. The first kappa shape index (κ1) is 13.4. The van der Waals surface area contributed by atoms with Crippen molar-refractivity contribution in [2.75, 3.05) is 6.54 Å². The average Bonchev–Trinajstić information content (AvgIpc) is 3.09. The zero-order chi connectivity index (χ0) is 15.3. The third-order valence-electron chi connectivity index (χ3n) is 4.91. The van der Waals surface area contributed by atoms with Crippen molar-refractivity contribution in [3.63, 3.8) is 0 Å². The van der Waals surface area contributed by atoms with Crippen LogP contribution < -0.4 is 0 Å². The molecule has 1 atom stereocenters. The molecule has 1 aliphatic heterocycles. The molecule has 1 aromatic heterocycles. The number of fused-ring (bicyclic) bond motifs is 1. The Bertz CT molecular complexity index is 733. The molecule has 5 heteroatoms. The smallest absolute Gasteiger partial charge is 0.228 e. The van der Waals surface area contributed by atoms with Crippen molar-refractivity contribution in [2.24, 2.45) is 5.41 Å². The molecule has 0 radical (unpaired) electrons. The van der Waals surface area contributed by atoms with Gasteiger partial charge in [-0.15, -0.1) is 0 Å². The van der Waals surface area contributed by atoms with Crippen molar-refractivity contribution in [3.05, 3.63) is 47.5 Å². The van der Waals surface area contributed by atoms with E-state index in [1.54, 1.807) is 18.5 Å². The number of aromatic amines is 1. The fourth-order valence-electron chi connectivity index (χ4n) is 3.26. The number of amides is 1. The molecule has 1 amide bonds. The fourth-order valence-corrected chi connectivity index (χ4v) is 3.26. The van der Waals surface area contributed by atoms with Crippen molar-refractivity contribution in [3.8, 4) is 5.75 Å². The number of rotatable bonds is 2. The van der Waals surface area contributed by atoms with E-state index in [0.29, 0.717) is 13.1 Å². The van der Waals surface area contributed by atoms with Crippen LogP contribution in [0.1, 0.15) is 42.6 Å². The van der Waals surface area contributed by atoms with Gasteiger partial charge in [0.05, 0.1) is 24.3 Å². The molecule has 2 aliphatic rings.